The second-order valence-corrected chi connectivity index (χ2v) is 9.00. The van der Waals surface area contributed by atoms with Crippen molar-refractivity contribution >= 4 is 34.5 Å². The number of hydrogen-bond acceptors (Lipinski definition) is 8. The van der Waals surface area contributed by atoms with Crippen molar-refractivity contribution < 1.29 is 10.3 Å². The number of hydrogen-bond donors (Lipinski definition) is 2. The van der Waals surface area contributed by atoms with Crippen LogP contribution in [0.1, 0.15) is 22.4 Å². The molecule has 6 rings (SSSR count). The number of oxime groups is 1. The van der Waals surface area contributed by atoms with Gasteiger partial charge in [0.15, 0.2) is 5.60 Å². The van der Waals surface area contributed by atoms with Gasteiger partial charge in [-0.1, -0.05) is 64.3 Å². The van der Waals surface area contributed by atoms with Crippen LogP contribution in [-0.2, 0) is 12.6 Å². The predicted octanol–water partition coefficient (Wildman–Crippen LogP) is 3.82. The molecular weight excluding hydrogens is 492 g/mol. The van der Waals surface area contributed by atoms with Gasteiger partial charge in [0.1, 0.15) is 0 Å². The van der Waals surface area contributed by atoms with E-state index in [4.69, 9.17) is 21.8 Å². The van der Waals surface area contributed by atoms with Gasteiger partial charge in [0.25, 0.3) is 5.78 Å². The molecule has 3 aromatic heterocycles. The average molecular weight is 511 g/mol. The van der Waals surface area contributed by atoms with Crippen LogP contribution >= 0.6 is 11.6 Å². The molecule has 3 aromatic carbocycles. The van der Waals surface area contributed by atoms with Gasteiger partial charge in [-0.3, -0.25) is 0 Å². The van der Waals surface area contributed by atoms with Crippen molar-refractivity contribution in [2.45, 2.75) is 5.60 Å². The number of tetrazole rings is 1. The molecule has 182 valence electrons. The van der Waals surface area contributed by atoms with Crippen LogP contribution in [0.25, 0.3) is 27.9 Å². The molecule has 6 aromatic rings. The summed E-state index contributed by atoms with van der Waals surface area (Å²) in [6.45, 7) is 0. The third-order valence-corrected chi connectivity index (χ3v) is 6.62. The quantitative estimate of drug-likeness (QED) is 0.205. The topological polar surface area (TPSA) is 127 Å². The van der Waals surface area contributed by atoms with E-state index >= 15 is 0 Å². The number of halogens is 1. The third kappa shape index (κ3) is 3.70. The molecule has 0 fully saturated rings. The standard InChI is InChI=1S/C26H19ClN8O2/c1-34-15-28-14-23(34)26(36,18-7-5-16(6-8-18)13-29-37)19-9-10-22-21(12-19)24(17-3-2-4-20(27)11-17)30-25-31-32-33-35(22)25/h2-15,36-37H,1H3/b29-13+. The van der Waals surface area contributed by atoms with E-state index in [0.717, 1.165) is 16.5 Å². The maximum atomic E-state index is 12.4. The van der Waals surface area contributed by atoms with Gasteiger partial charge >= 0.3 is 0 Å². The average Bonchev–Trinajstić information content (AvgIpc) is 3.57. The predicted molar refractivity (Wildman–Crippen MR) is 138 cm³/mol. The molecule has 0 aliphatic heterocycles. The van der Waals surface area contributed by atoms with Crippen molar-refractivity contribution in [3.05, 3.63) is 107 Å². The third-order valence-electron chi connectivity index (χ3n) is 6.38. The molecule has 0 aliphatic carbocycles. The zero-order valence-corrected chi connectivity index (χ0v) is 20.2. The molecular formula is C26H19ClN8O2. The van der Waals surface area contributed by atoms with E-state index in [2.05, 4.69) is 25.7 Å². The first-order valence-electron chi connectivity index (χ1n) is 11.2. The first-order chi connectivity index (χ1) is 18.0. The van der Waals surface area contributed by atoms with Crippen LogP contribution in [0.15, 0.2) is 84.4 Å². The van der Waals surface area contributed by atoms with Crippen molar-refractivity contribution in [2.24, 2.45) is 12.2 Å². The molecule has 0 radical (unpaired) electrons. The van der Waals surface area contributed by atoms with E-state index in [0.29, 0.717) is 38.9 Å². The van der Waals surface area contributed by atoms with Crippen LogP contribution in [0.2, 0.25) is 5.02 Å². The zero-order chi connectivity index (χ0) is 25.6. The number of imidazole rings is 1. The Balaban J connectivity index is 1.65. The first kappa shape index (κ1) is 22.8. The fourth-order valence-corrected chi connectivity index (χ4v) is 4.80. The van der Waals surface area contributed by atoms with Gasteiger partial charge < -0.3 is 14.9 Å². The van der Waals surface area contributed by atoms with Gasteiger partial charge in [0, 0.05) is 23.0 Å². The summed E-state index contributed by atoms with van der Waals surface area (Å²) in [5.74, 6) is 0.346. The molecule has 3 heterocycles. The number of benzene rings is 3. The summed E-state index contributed by atoms with van der Waals surface area (Å²) in [6.07, 6.45) is 4.59. The number of aromatic nitrogens is 7. The Morgan fingerprint density at radius 3 is 2.57 bits per heavy atom. The Labute approximate surface area is 215 Å². The molecule has 0 amide bonds. The summed E-state index contributed by atoms with van der Waals surface area (Å²) in [4.78, 5) is 8.96. The minimum absolute atomic E-state index is 0.346. The summed E-state index contributed by atoms with van der Waals surface area (Å²) in [6, 6.07) is 20.1. The molecule has 0 bridgehead atoms. The second kappa shape index (κ2) is 8.77. The van der Waals surface area contributed by atoms with Gasteiger partial charge in [-0.25, -0.2) is 9.97 Å². The molecule has 0 saturated heterocycles. The molecule has 0 saturated carbocycles. The van der Waals surface area contributed by atoms with E-state index < -0.39 is 5.60 Å². The van der Waals surface area contributed by atoms with Crippen LogP contribution < -0.4 is 0 Å². The molecule has 0 aliphatic rings. The SMILES string of the molecule is Cn1cncc1C(O)(c1ccc(/C=N/O)cc1)c1ccc2c(c1)c(-c1cccc(Cl)c1)nc1nnnn12. The Morgan fingerprint density at radius 2 is 1.84 bits per heavy atom. The van der Waals surface area contributed by atoms with E-state index in [1.807, 2.05) is 43.4 Å². The van der Waals surface area contributed by atoms with Crippen molar-refractivity contribution in [2.75, 3.05) is 0 Å². The minimum atomic E-state index is -1.57. The monoisotopic (exact) mass is 510 g/mol. The Kier molecular flexibility index (Phi) is 5.40. The van der Waals surface area contributed by atoms with Crippen LogP contribution in [0.5, 0.6) is 0 Å². The van der Waals surface area contributed by atoms with Gasteiger partial charge in [-0.15, -0.1) is 0 Å². The van der Waals surface area contributed by atoms with Gasteiger partial charge in [-0.2, -0.15) is 4.52 Å². The lowest BCUT2D eigenvalue weighted by Crippen LogP contribution is -2.31. The van der Waals surface area contributed by atoms with E-state index in [1.54, 1.807) is 51.9 Å². The number of aliphatic hydroxyl groups is 1. The molecule has 10 nitrogen and oxygen atoms in total. The van der Waals surface area contributed by atoms with Crippen molar-refractivity contribution in [3.63, 3.8) is 0 Å². The van der Waals surface area contributed by atoms with Crippen LogP contribution in [-0.4, -0.2) is 51.1 Å². The summed E-state index contributed by atoms with van der Waals surface area (Å²) >= 11 is 6.30. The summed E-state index contributed by atoms with van der Waals surface area (Å²) in [5.41, 5.74) is 3.00. The highest BCUT2D eigenvalue weighted by Gasteiger charge is 2.37. The highest BCUT2D eigenvalue weighted by Crippen LogP contribution is 2.39. The van der Waals surface area contributed by atoms with E-state index in [1.165, 1.54) is 6.21 Å². The van der Waals surface area contributed by atoms with Crippen LogP contribution in [0, 0.1) is 0 Å². The number of rotatable bonds is 5. The van der Waals surface area contributed by atoms with Crippen LogP contribution in [0.4, 0.5) is 0 Å². The number of aryl methyl sites for hydroxylation is 1. The van der Waals surface area contributed by atoms with Gasteiger partial charge in [0.05, 0.1) is 35.6 Å². The van der Waals surface area contributed by atoms with E-state index in [9.17, 15) is 5.11 Å². The second-order valence-electron chi connectivity index (χ2n) is 8.56. The summed E-state index contributed by atoms with van der Waals surface area (Å²) < 4.78 is 3.33. The minimum Gasteiger partial charge on any atom is -0.411 e. The molecule has 11 heteroatoms. The highest BCUT2D eigenvalue weighted by atomic mass is 35.5. The molecule has 2 N–H and O–H groups in total. The summed E-state index contributed by atoms with van der Waals surface area (Å²) in [5, 5.41) is 37.6. The lowest BCUT2D eigenvalue weighted by atomic mass is 9.82. The molecule has 1 unspecified atom stereocenters. The Hall–Kier alpha value is -4.67. The Morgan fingerprint density at radius 1 is 1.03 bits per heavy atom. The number of fused-ring (bicyclic) bond motifs is 3. The number of nitrogens with zero attached hydrogens (tertiary/aromatic N) is 8. The normalized spacial score (nSPS) is 13.5. The smallest absolute Gasteiger partial charge is 0.274 e. The van der Waals surface area contributed by atoms with Crippen molar-refractivity contribution in [1.29, 1.82) is 0 Å². The highest BCUT2D eigenvalue weighted by molar-refractivity contribution is 6.30. The van der Waals surface area contributed by atoms with Gasteiger partial charge in [0.2, 0.25) is 0 Å². The molecule has 0 spiro atoms. The van der Waals surface area contributed by atoms with E-state index in [-0.39, 0.29) is 0 Å². The Bertz CT molecular complexity index is 1790. The maximum absolute atomic E-state index is 12.4. The maximum Gasteiger partial charge on any atom is 0.274 e. The fourth-order valence-electron chi connectivity index (χ4n) is 4.60. The first-order valence-corrected chi connectivity index (χ1v) is 11.6. The molecule has 37 heavy (non-hydrogen) atoms. The lowest BCUT2D eigenvalue weighted by molar-refractivity contribution is 0.117. The van der Waals surface area contributed by atoms with Crippen molar-refractivity contribution in [1.82, 2.24) is 34.6 Å². The fraction of sp³-hybridized carbons (Fsp3) is 0.0769. The summed E-state index contributed by atoms with van der Waals surface area (Å²) in [7, 11) is 1.82. The van der Waals surface area contributed by atoms with Gasteiger partial charge in [-0.05, 0) is 51.4 Å². The lowest BCUT2D eigenvalue weighted by Gasteiger charge is -2.30. The zero-order valence-electron chi connectivity index (χ0n) is 19.4. The largest absolute Gasteiger partial charge is 0.411 e. The molecule has 1 atom stereocenters. The van der Waals surface area contributed by atoms with Crippen LogP contribution in [0.3, 0.4) is 0 Å². The van der Waals surface area contributed by atoms with Crippen molar-refractivity contribution in [3.8, 4) is 11.3 Å².